The lowest BCUT2D eigenvalue weighted by Gasteiger charge is -2.10. The number of benzene rings is 3. The third kappa shape index (κ3) is 4.83. The Hall–Kier alpha value is -4.86. The van der Waals surface area contributed by atoms with Crippen molar-refractivity contribution in [2.75, 3.05) is 16.4 Å². The van der Waals surface area contributed by atoms with Crippen molar-refractivity contribution in [1.29, 1.82) is 0 Å². The van der Waals surface area contributed by atoms with Crippen molar-refractivity contribution in [3.8, 4) is 11.1 Å². The zero-order valence-electron chi connectivity index (χ0n) is 18.6. The Morgan fingerprint density at radius 2 is 1.64 bits per heavy atom. The number of amides is 1. The topological polar surface area (TPSA) is 97.3 Å². The van der Waals surface area contributed by atoms with E-state index < -0.39 is 11.7 Å². The van der Waals surface area contributed by atoms with Crippen molar-refractivity contribution in [2.45, 2.75) is 6.18 Å². The maximum Gasteiger partial charge on any atom is 0.416 e. The summed E-state index contributed by atoms with van der Waals surface area (Å²) in [6.45, 7) is 0. The summed E-state index contributed by atoms with van der Waals surface area (Å²) in [5.41, 5.74) is 8.54. The van der Waals surface area contributed by atoms with Crippen LogP contribution >= 0.6 is 0 Å². The number of fused-ring (bicyclic) bond motifs is 1. The van der Waals surface area contributed by atoms with Crippen molar-refractivity contribution >= 4 is 34.4 Å². The molecule has 2 heterocycles. The molecule has 0 bridgehead atoms. The number of nitrogens with two attached hydrogens (primary N) is 1. The number of anilines is 4. The van der Waals surface area contributed by atoms with E-state index in [0.717, 1.165) is 12.1 Å². The smallest absolute Gasteiger partial charge is 0.399 e. The number of nitrogens with zero attached hydrogens (tertiary/aromatic N) is 3. The lowest BCUT2D eigenvalue weighted by molar-refractivity contribution is -0.137. The molecule has 0 aliphatic rings. The highest BCUT2D eigenvalue weighted by Crippen LogP contribution is 2.33. The lowest BCUT2D eigenvalue weighted by atomic mass is 10.1. The summed E-state index contributed by atoms with van der Waals surface area (Å²) in [6.07, 6.45) is -1.29. The molecule has 4 N–H and O–H groups in total. The third-order valence-electron chi connectivity index (χ3n) is 5.46. The molecule has 1 amide bonds. The molecule has 2 aromatic heterocycles. The minimum absolute atomic E-state index is 0.259. The first-order chi connectivity index (χ1) is 17.3. The van der Waals surface area contributed by atoms with Gasteiger partial charge in [-0.05, 0) is 72.3 Å². The Morgan fingerprint density at radius 3 is 2.36 bits per heavy atom. The quantitative estimate of drug-likeness (QED) is 0.264. The van der Waals surface area contributed by atoms with Gasteiger partial charge in [0.15, 0.2) is 5.65 Å². The van der Waals surface area contributed by atoms with E-state index in [0.29, 0.717) is 45.2 Å². The van der Waals surface area contributed by atoms with Gasteiger partial charge in [-0.25, -0.2) is 9.50 Å². The summed E-state index contributed by atoms with van der Waals surface area (Å²) in [4.78, 5) is 16.9. The van der Waals surface area contributed by atoms with Gasteiger partial charge in [0, 0.05) is 34.4 Å². The number of halogens is 3. The fourth-order valence-corrected chi connectivity index (χ4v) is 3.63. The molecule has 0 unspecified atom stereocenters. The van der Waals surface area contributed by atoms with Gasteiger partial charge in [0.05, 0.1) is 11.8 Å². The van der Waals surface area contributed by atoms with Gasteiger partial charge in [0.1, 0.15) is 5.82 Å². The monoisotopic (exact) mass is 488 g/mol. The molecule has 7 nitrogen and oxygen atoms in total. The van der Waals surface area contributed by atoms with Gasteiger partial charge in [-0.15, -0.1) is 0 Å². The van der Waals surface area contributed by atoms with E-state index in [1.807, 2.05) is 0 Å². The third-order valence-corrected chi connectivity index (χ3v) is 5.46. The van der Waals surface area contributed by atoms with Gasteiger partial charge in [0.2, 0.25) is 0 Å². The predicted octanol–water partition coefficient (Wildman–Crippen LogP) is 5.99. The summed E-state index contributed by atoms with van der Waals surface area (Å²) in [5, 5.41) is 10.2. The molecule has 0 aliphatic carbocycles. The maximum absolute atomic E-state index is 13.2. The molecule has 180 valence electrons. The van der Waals surface area contributed by atoms with Crippen LogP contribution in [0.2, 0.25) is 0 Å². The zero-order valence-corrected chi connectivity index (χ0v) is 18.6. The van der Waals surface area contributed by atoms with E-state index in [1.54, 1.807) is 66.9 Å². The molecule has 36 heavy (non-hydrogen) atoms. The minimum atomic E-state index is -4.44. The summed E-state index contributed by atoms with van der Waals surface area (Å²) < 4.78 is 41.0. The maximum atomic E-state index is 13.2. The highest BCUT2D eigenvalue weighted by Gasteiger charge is 2.30. The first-order valence-electron chi connectivity index (χ1n) is 10.8. The second-order valence-electron chi connectivity index (χ2n) is 8.00. The number of nitrogens with one attached hydrogen (secondary N) is 2. The van der Waals surface area contributed by atoms with Crippen molar-refractivity contribution in [3.63, 3.8) is 0 Å². The van der Waals surface area contributed by atoms with E-state index in [1.165, 1.54) is 16.8 Å². The Labute approximate surface area is 203 Å². The van der Waals surface area contributed by atoms with Crippen molar-refractivity contribution in [1.82, 2.24) is 14.6 Å². The standard InChI is InChI=1S/C26H19F3N6O/c27-26(28,29)18-3-1-2-17(14-18)22-15-31-35-13-12-23(34-24(22)35)32-20-8-10-21(11-9-20)33-25(36)16-4-6-19(30)7-5-16/h1-15H,30H2,(H,32,34)(H,33,36). The van der Waals surface area contributed by atoms with Crippen LogP contribution < -0.4 is 16.4 Å². The van der Waals surface area contributed by atoms with Crippen LogP contribution in [-0.2, 0) is 6.18 Å². The average Bonchev–Trinajstić information content (AvgIpc) is 3.28. The molecular weight excluding hydrogens is 469 g/mol. The van der Waals surface area contributed by atoms with Gasteiger partial charge >= 0.3 is 6.18 Å². The number of hydrogen-bond acceptors (Lipinski definition) is 5. The zero-order chi connectivity index (χ0) is 25.3. The minimum Gasteiger partial charge on any atom is -0.399 e. The number of hydrogen-bond donors (Lipinski definition) is 3. The van der Waals surface area contributed by atoms with Gasteiger partial charge in [0.25, 0.3) is 5.91 Å². The SMILES string of the molecule is Nc1ccc(C(=O)Nc2ccc(Nc3ccn4ncc(-c5cccc(C(F)(F)F)c5)c4n3)cc2)cc1. The molecule has 5 rings (SSSR count). The highest BCUT2D eigenvalue weighted by molar-refractivity contribution is 6.04. The number of nitrogen functional groups attached to an aromatic ring is 1. The molecule has 0 atom stereocenters. The van der Waals surface area contributed by atoms with Crippen LogP contribution in [0.25, 0.3) is 16.8 Å². The van der Waals surface area contributed by atoms with Crippen LogP contribution in [0, 0.1) is 0 Å². The Morgan fingerprint density at radius 1 is 0.917 bits per heavy atom. The van der Waals surface area contributed by atoms with Crippen LogP contribution in [0.4, 0.5) is 36.1 Å². The van der Waals surface area contributed by atoms with Gasteiger partial charge in [-0.2, -0.15) is 18.3 Å². The molecule has 3 aromatic carbocycles. The molecule has 0 saturated carbocycles. The van der Waals surface area contributed by atoms with Crippen molar-refractivity contribution in [2.24, 2.45) is 0 Å². The summed E-state index contributed by atoms with van der Waals surface area (Å²) in [6, 6.07) is 20.4. The summed E-state index contributed by atoms with van der Waals surface area (Å²) >= 11 is 0. The molecular formula is C26H19F3N6O. The molecule has 0 spiro atoms. The molecule has 10 heteroatoms. The van der Waals surface area contributed by atoms with E-state index >= 15 is 0 Å². The highest BCUT2D eigenvalue weighted by atomic mass is 19.4. The van der Waals surface area contributed by atoms with Crippen LogP contribution in [-0.4, -0.2) is 20.5 Å². The molecule has 0 aliphatic heterocycles. The van der Waals surface area contributed by atoms with Crippen molar-refractivity contribution < 1.29 is 18.0 Å². The summed E-state index contributed by atoms with van der Waals surface area (Å²) in [5.74, 6) is 0.223. The number of carbonyl (C=O) groups excluding carboxylic acids is 1. The fraction of sp³-hybridized carbons (Fsp3) is 0.0385. The van der Waals surface area contributed by atoms with Gasteiger partial charge in [-0.1, -0.05) is 12.1 Å². The van der Waals surface area contributed by atoms with E-state index in [-0.39, 0.29) is 5.91 Å². The normalized spacial score (nSPS) is 11.4. The summed E-state index contributed by atoms with van der Waals surface area (Å²) in [7, 11) is 0. The average molecular weight is 488 g/mol. The van der Waals surface area contributed by atoms with E-state index in [9.17, 15) is 18.0 Å². The number of alkyl halides is 3. The predicted molar refractivity (Wildman–Crippen MR) is 132 cm³/mol. The van der Waals surface area contributed by atoms with Crippen LogP contribution in [0.15, 0.2) is 91.3 Å². The van der Waals surface area contributed by atoms with E-state index in [2.05, 4.69) is 20.7 Å². The van der Waals surface area contributed by atoms with Crippen molar-refractivity contribution in [3.05, 3.63) is 102 Å². The molecule has 0 saturated heterocycles. The van der Waals surface area contributed by atoms with Gasteiger partial charge < -0.3 is 16.4 Å². The largest absolute Gasteiger partial charge is 0.416 e. The number of carbonyl (C=O) groups is 1. The Balaban J connectivity index is 1.34. The molecule has 0 radical (unpaired) electrons. The number of aromatic nitrogens is 3. The lowest BCUT2D eigenvalue weighted by Crippen LogP contribution is -2.11. The first kappa shape index (κ1) is 22.9. The Bertz CT molecular complexity index is 1540. The second kappa shape index (κ2) is 9.06. The molecule has 5 aromatic rings. The molecule has 0 fully saturated rings. The van der Waals surface area contributed by atoms with Crippen LogP contribution in [0.5, 0.6) is 0 Å². The first-order valence-corrected chi connectivity index (χ1v) is 10.8. The van der Waals surface area contributed by atoms with Crippen LogP contribution in [0.1, 0.15) is 15.9 Å². The van der Waals surface area contributed by atoms with Gasteiger partial charge in [-0.3, -0.25) is 4.79 Å². The Kier molecular flexibility index (Phi) is 5.77. The van der Waals surface area contributed by atoms with Crippen LogP contribution in [0.3, 0.4) is 0 Å². The number of rotatable bonds is 5. The van der Waals surface area contributed by atoms with E-state index in [4.69, 9.17) is 5.73 Å². The second-order valence-corrected chi connectivity index (χ2v) is 8.00. The fourth-order valence-electron chi connectivity index (χ4n) is 3.63.